The lowest BCUT2D eigenvalue weighted by Crippen LogP contribution is -1.79. The lowest BCUT2D eigenvalue weighted by atomic mass is 10.1. The zero-order chi connectivity index (χ0) is 12.7. The number of nitrogens with one attached hydrogen (secondary N) is 1. The number of H-pyrrole nitrogens is 1. The van der Waals surface area contributed by atoms with Crippen molar-refractivity contribution in [2.45, 2.75) is 0 Å². The SMILES string of the molecule is Clc1ccc2[nH]c(-c3ccc(Br)cc3Cl)cc2c1. The van der Waals surface area contributed by atoms with Gasteiger partial charge in [0.15, 0.2) is 0 Å². The van der Waals surface area contributed by atoms with E-state index in [2.05, 4.69) is 27.0 Å². The number of hydrogen-bond acceptors (Lipinski definition) is 0. The quantitative estimate of drug-likeness (QED) is 0.567. The van der Waals surface area contributed by atoms with E-state index in [1.807, 2.05) is 36.4 Å². The van der Waals surface area contributed by atoms with Crippen LogP contribution in [0.1, 0.15) is 0 Å². The summed E-state index contributed by atoms with van der Waals surface area (Å²) in [5.41, 5.74) is 3.02. The molecule has 2 aromatic carbocycles. The van der Waals surface area contributed by atoms with E-state index in [1.165, 1.54) is 0 Å². The molecule has 0 fully saturated rings. The van der Waals surface area contributed by atoms with Crippen LogP contribution in [0.2, 0.25) is 10.0 Å². The number of fused-ring (bicyclic) bond motifs is 1. The second kappa shape index (κ2) is 4.61. The van der Waals surface area contributed by atoms with Crippen LogP contribution in [0, 0.1) is 0 Å². The second-order valence-electron chi connectivity index (χ2n) is 4.04. The van der Waals surface area contributed by atoms with Crippen molar-refractivity contribution in [1.82, 2.24) is 4.98 Å². The highest BCUT2D eigenvalue weighted by molar-refractivity contribution is 9.10. The van der Waals surface area contributed by atoms with Crippen molar-refractivity contribution in [3.63, 3.8) is 0 Å². The maximum Gasteiger partial charge on any atom is 0.0510 e. The topological polar surface area (TPSA) is 15.8 Å². The van der Waals surface area contributed by atoms with E-state index in [-0.39, 0.29) is 0 Å². The average Bonchev–Trinajstić information content (AvgIpc) is 2.71. The van der Waals surface area contributed by atoms with Gasteiger partial charge in [0.25, 0.3) is 0 Å². The van der Waals surface area contributed by atoms with Crippen LogP contribution in [-0.4, -0.2) is 4.98 Å². The highest BCUT2D eigenvalue weighted by Crippen LogP contribution is 2.32. The van der Waals surface area contributed by atoms with Crippen molar-refractivity contribution < 1.29 is 0 Å². The number of benzene rings is 2. The van der Waals surface area contributed by atoms with E-state index in [9.17, 15) is 0 Å². The molecule has 0 aliphatic heterocycles. The molecule has 1 heterocycles. The molecule has 1 aromatic heterocycles. The lowest BCUT2D eigenvalue weighted by molar-refractivity contribution is 1.45. The largest absolute Gasteiger partial charge is 0.354 e. The maximum atomic E-state index is 6.25. The second-order valence-corrected chi connectivity index (χ2v) is 5.80. The van der Waals surface area contributed by atoms with Crippen molar-refractivity contribution >= 4 is 50.0 Å². The Hall–Kier alpha value is -0.960. The molecule has 0 aliphatic carbocycles. The van der Waals surface area contributed by atoms with Crippen LogP contribution >= 0.6 is 39.1 Å². The van der Waals surface area contributed by atoms with Crippen molar-refractivity contribution in [1.29, 1.82) is 0 Å². The third kappa shape index (κ3) is 2.16. The van der Waals surface area contributed by atoms with Gasteiger partial charge in [-0.05, 0) is 36.4 Å². The van der Waals surface area contributed by atoms with Gasteiger partial charge in [-0.25, -0.2) is 0 Å². The van der Waals surface area contributed by atoms with E-state index in [1.54, 1.807) is 0 Å². The molecule has 90 valence electrons. The van der Waals surface area contributed by atoms with Crippen LogP contribution in [0.15, 0.2) is 46.9 Å². The van der Waals surface area contributed by atoms with Crippen LogP contribution in [0.5, 0.6) is 0 Å². The van der Waals surface area contributed by atoms with Gasteiger partial charge in [-0.15, -0.1) is 0 Å². The minimum absolute atomic E-state index is 0.710. The first-order valence-electron chi connectivity index (χ1n) is 5.37. The van der Waals surface area contributed by atoms with Crippen molar-refractivity contribution in [3.8, 4) is 11.3 Å². The molecule has 0 amide bonds. The fourth-order valence-electron chi connectivity index (χ4n) is 1.96. The van der Waals surface area contributed by atoms with Gasteiger partial charge in [0.2, 0.25) is 0 Å². The summed E-state index contributed by atoms with van der Waals surface area (Å²) in [5.74, 6) is 0. The molecule has 18 heavy (non-hydrogen) atoms. The van der Waals surface area contributed by atoms with Gasteiger partial charge in [0.1, 0.15) is 0 Å². The van der Waals surface area contributed by atoms with E-state index in [0.29, 0.717) is 5.02 Å². The van der Waals surface area contributed by atoms with Gasteiger partial charge in [-0.1, -0.05) is 45.2 Å². The van der Waals surface area contributed by atoms with Crippen LogP contribution in [0.3, 0.4) is 0 Å². The van der Waals surface area contributed by atoms with Gasteiger partial charge in [-0.2, -0.15) is 0 Å². The van der Waals surface area contributed by atoms with Crippen molar-refractivity contribution in [3.05, 3.63) is 57.0 Å². The predicted octanol–water partition coefficient (Wildman–Crippen LogP) is 5.90. The van der Waals surface area contributed by atoms with Crippen LogP contribution in [-0.2, 0) is 0 Å². The van der Waals surface area contributed by atoms with E-state index in [0.717, 1.165) is 31.7 Å². The summed E-state index contributed by atoms with van der Waals surface area (Å²) in [4.78, 5) is 3.34. The minimum atomic E-state index is 0.710. The molecular weight excluding hydrogens is 333 g/mol. The molecule has 3 rings (SSSR count). The van der Waals surface area contributed by atoms with Gasteiger partial charge < -0.3 is 4.98 Å². The summed E-state index contributed by atoms with van der Waals surface area (Å²) in [6, 6.07) is 13.7. The van der Waals surface area contributed by atoms with Crippen LogP contribution < -0.4 is 0 Å². The number of hydrogen-bond donors (Lipinski definition) is 1. The Morgan fingerprint density at radius 2 is 1.78 bits per heavy atom. The fraction of sp³-hybridized carbons (Fsp3) is 0. The van der Waals surface area contributed by atoms with E-state index < -0.39 is 0 Å². The molecule has 1 N–H and O–H groups in total. The minimum Gasteiger partial charge on any atom is -0.354 e. The molecule has 4 heteroatoms. The normalized spacial score (nSPS) is 11.1. The summed E-state index contributed by atoms with van der Waals surface area (Å²) in [6.07, 6.45) is 0. The third-order valence-corrected chi connectivity index (χ3v) is 3.85. The molecule has 1 nitrogen and oxygen atoms in total. The third-order valence-electron chi connectivity index (χ3n) is 2.80. The molecule has 0 spiro atoms. The maximum absolute atomic E-state index is 6.25. The van der Waals surface area contributed by atoms with Crippen LogP contribution in [0.4, 0.5) is 0 Å². The summed E-state index contributed by atoms with van der Waals surface area (Å²) >= 11 is 15.6. The first kappa shape index (κ1) is 12.1. The first-order chi connectivity index (χ1) is 8.63. The molecule has 0 atom stereocenters. The van der Waals surface area contributed by atoms with Gasteiger partial charge in [0.05, 0.1) is 5.02 Å². The molecule has 0 saturated carbocycles. The fourth-order valence-corrected chi connectivity index (χ4v) is 2.91. The van der Waals surface area contributed by atoms with E-state index >= 15 is 0 Å². The molecular formula is C14H8BrCl2N. The van der Waals surface area contributed by atoms with Crippen molar-refractivity contribution in [2.24, 2.45) is 0 Å². The van der Waals surface area contributed by atoms with Crippen LogP contribution in [0.25, 0.3) is 22.2 Å². The molecule has 0 bridgehead atoms. The Balaban J connectivity index is 2.19. The highest BCUT2D eigenvalue weighted by Gasteiger charge is 2.07. The molecule has 3 aromatic rings. The summed E-state index contributed by atoms with van der Waals surface area (Å²) in [7, 11) is 0. The number of halogens is 3. The van der Waals surface area contributed by atoms with Gasteiger partial charge in [-0.3, -0.25) is 0 Å². The van der Waals surface area contributed by atoms with Crippen molar-refractivity contribution in [2.75, 3.05) is 0 Å². The monoisotopic (exact) mass is 339 g/mol. The lowest BCUT2D eigenvalue weighted by Gasteiger charge is -2.01. The number of aromatic nitrogens is 1. The Labute approximate surface area is 123 Å². The molecule has 0 unspecified atom stereocenters. The van der Waals surface area contributed by atoms with E-state index in [4.69, 9.17) is 23.2 Å². The van der Waals surface area contributed by atoms with Gasteiger partial charge in [0, 0.05) is 31.7 Å². The molecule has 0 aliphatic rings. The summed E-state index contributed by atoms with van der Waals surface area (Å²) in [5, 5.41) is 2.52. The molecule has 0 saturated heterocycles. The first-order valence-corrected chi connectivity index (χ1v) is 6.92. The Bertz CT molecular complexity index is 734. The standard InChI is InChI=1S/C14H8BrCl2N/c15-9-1-3-11(12(17)7-9)14-6-8-5-10(16)2-4-13(8)18-14/h1-7,18H. The average molecular weight is 341 g/mol. The Kier molecular flexibility index (Phi) is 3.10. The number of aromatic amines is 1. The summed E-state index contributed by atoms with van der Waals surface area (Å²) < 4.78 is 0.968. The smallest absolute Gasteiger partial charge is 0.0510 e. The Morgan fingerprint density at radius 1 is 0.944 bits per heavy atom. The van der Waals surface area contributed by atoms with Gasteiger partial charge >= 0.3 is 0 Å². The summed E-state index contributed by atoms with van der Waals surface area (Å²) in [6.45, 7) is 0. The highest BCUT2D eigenvalue weighted by atomic mass is 79.9. The number of rotatable bonds is 1. The predicted molar refractivity (Wildman–Crippen MR) is 81.5 cm³/mol. The Morgan fingerprint density at radius 3 is 2.56 bits per heavy atom. The molecule has 0 radical (unpaired) electrons. The zero-order valence-electron chi connectivity index (χ0n) is 9.18. The zero-order valence-corrected chi connectivity index (χ0v) is 12.3.